The molecule has 0 saturated carbocycles. The van der Waals surface area contributed by atoms with Crippen LogP contribution in [-0.2, 0) is 19.9 Å². The summed E-state index contributed by atoms with van der Waals surface area (Å²) in [7, 11) is 1.95. The van der Waals surface area contributed by atoms with Crippen molar-refractivity contribution in [3.63, 3.8) is 0 Å². The summed E-state index contributed by atoms with van der Waals surface area (Å²) in [5.74, 6) is -0.140. The highest BCUT2D eigenvalue weighted by Gasteiger charge is 2.17. The first kappa shape index (κ1) is 15.7. The number of rotatable bonds is 6. The number of hydrogen-bond acceptors (Lipinski definition) is 2. The molecular formula is C17H24FN3. The van der Waals surface area contributed by atoms with Gasteiger partial charge < -0.3 is 5.32 Å². The standard InChI is InChI=1S/C17H24FN3/c1-5-13-10-14(21(4)20-13)11-17(19-6-2)15-8-7-12(3)9-16(15)18/h7-10,17,19H,5-6,11H2,1-4H3. The van der Waals surface area contributed by atoms with Gasteiger partial charge in [-0.15, -0.1) is 0 Å². The summed E-state index contributed by atoms with van der Waals surface area (Å²) in [6, 6.07) is 7.52. The van der Waals surface area contributed by atoms with E-state index in [1.165, 1.54) is 0 Å². The van der Waals surface area contributed by atoms with Crippen molar-refractivity contribution in [1.29, 1.82) is 0 Å². The van der Waals surface area contributed by atoms with Crippen molar-refractivity contribution in [3.8, 4) is 0 Å². The van der Waals surface area contributed by atoms with Crippen LogP contribution in [0, 0.1) is 12.7 Å². The van der Waals surface area contributed by atoms with Gasteiger partial charge in [0.2, 0.25) is 0 Å². The molecule has 2 rings (SSSR count). The summed E-state index contributed by atoms with van der Waals surface area (Å²) in [6.07, 6.45) is 1.65. The van der Waals surface area contributed by atoms with Crippen LogP contribution in [0.2, 0.25) is 0 Å². The lowest BCUT2D eigenvalue weighted by Gasteiger charge is -2.19. The van der Waals surface area contributed by atoms with E-state index in [0.29, 0.717) is 0 Å². The van der Waals surface area contributed by atoms with E-state index in [1.54, 1.807) is 6.07 Å². The van der Waals surface area contributed by atoms with Gasteiger partial charge in [-0.25, -0.2) is 4.39 Å². The molecule has 21 heavy (non-hydrogen) atoms. The average Bonchev–Trinajstić information content (AvgIpc) is 2.79. The topological polar surface area (TPSA) is 29.9 Å². The van der Waals surface area contributed by atoms with E-state index < -0.39 is 0 Å². The molecule has 1 aromatic heterocycles. The summed E-state index contributed by atoms with van der Waals surface area (Å²) in [5, 5.41) is 7.85. The van der Waals surface area contributed by atoms with Crippen LogP contribution < -0.4 is 5.32 Å². The minimum Gasteiger partial charge on any atom is -0.310 e. The van der Waals surface area contributed by atoms with Gasteiger partial charge in [0.1, 0.15) is 5.82 Å². The minimum atomic E-state index is -0.140. The third-order valence-corrected chi connectivity index (χ3v) is 3.78. The van der Waals surface area contributed by atoms with Crippen LogP contribution in [0.25, 0.3) is 0 Å². The Hall–Kier alpha value is -1.68. The predicted molar refractivity (Wildman–Crippen MR) is 83.8 cm³/mol. The van der Waals surface area contributed by atoms with E-state index in [0.717, 1.165) is 41.9 Å². The molecular weight excluding hydrogens is 265 g/mol. The quantitative estimate of drug-likeness (QED) is 0.884. The summed E-state index contributed by atoms with van der Waals surface area (Å²) in [5.41, 5.74) is 3.87. The molecule has 0 aliphatic rings. The Morgan fingerprint density at radius 2 is 2.05 bits per heavy atom. The number of halogens is 1. The molecule has 1 atom stereocenters. The summed E-state index contributed by atoms with van der Waals surface area (Å²) in [6.45, 7) is 6.84. The molecule has 0 radical (unpaired) electrons. The zero-order valence-electron chi connectivity index (χ0n) is 13.3. The van der Waals surface area contributed by atoms with E-state index in [1.807, 2.05) is 37.7 Å². The smallest absolute Gasteiger partial charge is 0.128 e. The molecule has 0 fully saturated rings. The lowest BCUT2D eigenvalue weighted by molar-refractivity contribution is 0.496. The minimum absolute atomic E-state index is 0.0318. The van der Waals surface area contributed by atoms with Crippen LogP contribution >= 0.6 is 0 Å². The van der Waals surface area contributed by atoms with Gasteiger partial charge in [-0.2, -0.15) is 5.10 Å². The number of nitrogens with zero attached hydrogens (tertiary/aromatic N) is 2. The Kier molecular flexibility index (Phi) is 5.12. The van der Waals surface area contributed by atoms with Gasteiger partial charge in [0, 0.05) is 30.8 Å². The van der Waals surface area contributed by atoms with Crippen LogP contribution in [0.15, 0.2) is 24.3 Å². The second-order valence-electron chi connectivity index (χ2n) is 5.44. The first-order chi connectivity index (χ1) is 10.0. The third kappa shape index (κ3) is 3.70. The fourth-order valence-electron chi connectivity index (χ4n) is 2.60. The van der Waals surface area contributed by atoms with Crippen molar-refractivity contribution in [2.45, 2.75) is 39.7 Å². The maximum absolute atomic E-state index is 14.2. The normalized spacial score (nSPS) is 12.6. The fourth-order valence-corrected chi connectivity index (χ4v) is 2.60. The fraction of sp³-hybridized carbons (Fsp3) is 0.471. The average molecular weight is 289 g/mol. The summed E-state index contributed by atoms with van der Waals surface area (Å²) < 4.78 is 16.1. The van der Waals surface area contributed by atoms with E-state index >= 15 is 0 Å². The molecule has 0 aliphatic heterocycles. The number of aromatic nitrogens is 2. The molecule has 0 amide bonds. The Labute approximate surface area is 126 Å². The Balaban J connectivity index is 2.28. The Bertz CT molecular complexity index is 604. The van der Waals surface area contributed by atoms with Gasteiger partial charge in [0.25, 0.3) is 0 Å². The van der Waals surface area contributed by atoms with Crippen LogP contribution in [0.3, 0.4) is 0 Å². The highest BCUT2D eigenvalue weighted by atomic mass is 19.1. The van der Waals surface area contributed by atoms with Crippen LogP contribution in [0.4, 0.5) is 4.39 Å². The number of likely N-dealkylation sites (N-methyl/N-ethyl adjacent to an activating group) is 1. The first-order valence-corrected chi connectivity index (χ1v) is 7.56. The number of nitrogens with one attached hydrogen (secondary N) is 1. The van der Waals surface area contributed by atoms with Crippen molar-refractivity contribution in [2.24, 2.45) is 7.05 Å². The summed E-state index contributed by atoms with van der Waals surface area (Å²) >= 11 is 0. The molecule has 0 spiro atoms. The molecule has 1 unspecified atom stereocenters. The largest absolute Gasteiger partial charge is 0.310 e. The van der Waals surface area contributed by atoms with Gasteiger partial charge in [-0.05, 0) is 37.6 Å². The van der Waals surface area contributed by atoms with E-state index in [9.17, 15) is 4.39 Å². The lowest BCUT2D eigenvalue weighted by atomic mass is 9.99. The highest BCUT2D eigenvalue weighted by Crippen LogP contribution is 2.22. The van der Waals surface area contributed by atoms with Gasteiger partial charge >= 0.3 is 0 Å². The van der Waals surface area contributed by atoms with Gasteiger partial charge in [-0.1, -0.05) is 26.0 Å². The van der Waals surface area contributed by atoms with Crippen molar-refractivity contribution in [1.82, 2.24) is 15.1 Å². The number of hydrogen-bond donors (Lipinski definition) is 1. The number of aryl methyl sites for hydroxylation is 3. The lowest BCUT2D eigenvalue weighted by Crippen LogP contribution is -2.24. The predicted octanol–water partition coefficient (Wildman–Crippen LogP) is 3.32. The molecule has 1 heterocycles. The summed E-state index contributed by atoms with van der Waals surface area (Å²) in [4.78, 5) is 0. The van der Waals surface area contributed by atoms with Crippen molar-refractivity contribution in [2.75, 3.05) is 6.54 Å². The third-order valence-electron chi connectivity index (χ3n) is 3.78. The van der Waals surface area contributed by atoms with Gasteiger partial charge in [-0.3, -0.25) is 4.68 Å². The van der Waals surface area contributed by atoms with Crippen molar-refractivity contribution >= 4 is 0 Å². The molecule has 0 aliphatic carbocycles. The molecule has 4 heteroatoms. The van der Waals surface area contributed by atoms with E-state index in [2.05, 4.69) is 23.4 Å². The first-order valence-electron chi connectivity index (χ1n) is 7.56. The zero-order valence-corrected chi connectivity index (χ0v) is 13.3. The van der Waals surface area contributed by atoms with Gasteiger partial charge in [0.15, 0.2) is 0 Å². The number of benzene rings is 1. The Morgan fingerprint density at radius 3 is 2.62 bits per heavy atom. The SMILES string of the molecule is CCNC(Cc1cc(CC)nn1C)c1ccc(C)cc1F. The second-order valence-corrected chi connectivity index (χ2v) is 5.44. The molecule has 1 N–H and O–H groups in total. The van der Waals surface area contributed by atoms with Crippen molar-refractivity contribution in [3.05, 3.63) is 52.6 Å². The molecule has 1 aromatic carbocycles. The molecule has 3 nitrogen and oxygen atoms in total. The monoisotopic (exact) mass is 289 g/mol. The van der Waals surface area contributed by atoms with Gasteiger partial charge in [0.05, 0.1) is 5.69 Å². The maximum Gasteiger partial charge on any atom is 0.128 e. The molecule has 0 bridgehead atoms. The molecule has 2 aromatic rings. The van der Waals surface area contributed by atoms with Crippen LogP contribution in [0.5, 0.6) is 0 Å². The maximum atomic E-state index is 14.2. The second kappa shape index (κ2) is 6.85. The molecule has 114 valence electrons. The highest BCUT2D eigenvalue weighted by molar-refractivity contribution is 5.27. The van der Waals surface area contributed by atoms with E-state index in [-0.39, 0.29) is 11.9 Å². The zero-order chi connectivity index (χ0) is 15.4. The van der Waals surface area contributed by atoms with Crippen LogP contribution in [0.1, 0.15) is 42.4 Å². The van der Waals surface area contributed by atoms with Crippen molar-refractivity contribution < 1.29 is 4.39 Å². The Morgan fingerprint density at radius 1 is 1.29 bits per heavy atom. The molecule has 0 saturated heterocycles. The van der Waals surface area contributed by atoms with E-state index in [4.69, 9.17) is 0 Å². The van der Waals surface area contributed by atoms with Crippen LogP contribution in [-0.4, -0.2) is 16.3 Å².